The second-order valence-corrected chi connectivity index (χ2v) is 7.20. The molecule has 0 amide bonds. The minimum Gasteiger partial charge on any atom is -0.384 e. The highest BCUT2D eigenvalue weighted by molar-refractivity contribution is 7.16. The van der Waals surface area contributed by atoms with E-state index in [0.717, 1.165) is 48.8 Å². The van der Waals surface area contributed by atoms with E-state index in [1.807, 2.05) is 42.2 Å². The molecule has 0 aliphatic carbocycles. The largest absolute Gasteiger partial charge is 0.384 e. The number of hydrogen-bond acceptors (Lipinski definition) is 6. The van der Waals surface area contributed by atoms with Gasteiger partial charge in [-0.3, -0.25) is 14.9 Å². The lowest BCUT2D eigenvalue weighted by Crippen LogP contribution is -2.29. The molecule has 4 rings (SSSR count). The second kappa shape index (κ2) is 8.70. The molecule has 3 heterocycles. The van der Waals surface area contributed by atoms with Gasteiger partial charge in [0.2, 0.25) is 0 Å². The summed E-state index contributed by atoms with van der Waals surface area (Å²) in [4.78, 5) is 15.6. The average Bonchev–Trinajstić information content (AvgIpc) is 3.17. The number of fused-ring (bicyclic) bond motifs is 1. The van der Waals surface area contributed by atoms with Crippen LogP contribution in [0, 0.1) is 0 Å². The van der Waals surface area contributed by atoms with E-state index in [1.54, 1.807) is 11.3 Å². The topological polar surface area (TPSA) is 53.9 Å². The molecular formula is C21H21N5S. The summed E-state index contributed by atoms with van der Waals surface area (Å²) in [5.41, 5.74) is 6.20. The molecule has 0 radical (unpaired) electrons. The quantitative estimate of drug-likeness (QED) is 0.500. The van der Waals surface area contributed by atoms with E-state index in [-0.39, 0.29) is 0 Å². The minimum absolute atomic E-state index is 0.799. The SMILES string of the molecule is c1ccc(CN(CCNc2ccc3ncsc3c2)Cc2ccccn2)nc1. The number of rotatable bonds is 8. The molecule has 0 atom stereocenters. The number of pyridine rings is 2. The third kappa shape index (κ3) is 4.87. The molecule has 0 aliphatic rings. The van der Waals surface area contributed by atoms with Crippen LogP contribution in [0.2, 0.25) is 0 Å². The summed E-state index contributed by atoms with van der Waals surface area (Å²) < 4.78 is 1.21. The van der Waals surface area contributed by atoms with E-state index >= 15 is 0 Å². The summed E-state index contributed by atoms with van der Waals surface area (Å²) in [6.45, 7) is 3.35. The van der Waals surface area contributed by atoms with E-state index in [4.69, 9.17) is 0 Å². The molecule has 5 nitrogen and oxygen atoms in total. The summed E-state index contributed by atoms with van der Waals surface area (Å²) >= 11 is 1.67. The molecule has 0 saturated carbocycles. The molecule has 1 aromatic carbocycles. The van der Waals surface area contributed by atoms with Crippen LogP contribution in [0.25, 0.3) is 10.2 Å². The van der Waals surface area contributed by atoms with Crippen LogP contribution in [-0.2, 0) is 13.1 Å². The first-order valence-corrected chi connectivity index (χ1v) is 9.84. The van der Waals surface area contributed by atoms with E-state index in [0.29, 0.717) is 0 Å². The van der Waals surface area contributed by atoms with Gasteiger partial charge in [-0.25, -0.2) is 4.98 Å². The van der Waals surface area contributed by atoms with Crippen LogP contribution < -0.4 is 5.32 Å². The number of aromatic nitrogens is 3. The lowest BCUT2D eigenvalue weighted by atomic mass is 10.2. The van der Waals surface area contributed by atoms with Gasteiger partial charge in [0.05, 0.1) is 27.1 Å². The highest BCUT2D eigenvalue weighted by atomic mass is 32.1. The minimum atomic E-state index is 0.799. The molecule has 4 aromatic rings. The van der Waals surface area contributed by atoms with Crippen LogP contribution in [-0.4, -0.2) is 32.9 Å². The Morgan fingerprint density at radius 2 is 1.59 bits per heavy atom. The zero-order valence-electron chi connectivity index (χ0n) is 15.0. The van der Waals surface area contributed by atoms with Gasteiger partial charge >= 0.3 is 0 Å². The molecule has 136 valence electrons. The standard InChI is InChI=1S/C21H21N5S/c1-3-9-22-18(5-1)14-26(15-19-6-2-4-10-23-19)12-11-24-17-7-8-20-21(13-17)27-16-25-20/h1-10,13,16,24H,11-12,14-15H2. The molecule has 6 heteroatoms. The molecule has 3 aromatic heterocycles. The van der Waals surface area contributed by atoms with Crippen LogP contribution in [0.5, 0.6) is 0 Å². The molecule has 1 N–H and O–H groups in total. The van der Waals surface area contributed by atoms with Crippen LogP contribution in [0.4, 0.5) is 5.69 Å². The highest BCUT2D eigenvalue weighted by Crippen LogP contribution is 2.21. The Labute approximate surface area is 162 Å². The third-order valence-electron chi connectivity index (χ3n) is 4.31. The molecule has 0 saturated heterocycles. The average molecular weight is 376 g/mol. The Kier molecular flexibility index (Phi) is 5.67. The molecule has 0 bridgehead atoms. The van der Waals surface area contributed by atoms with Gasteiger partial charge in [-0.2, -0.15) is 0 Å². The lowest BCUT2D eigenvalue weighted by molar-refractivity contribution is 0.261. The first-order chi connectivity index (χ1) is 13.4. The second-order valence-electron chi connectivity index (χ2n) is 6.31. The van der Waals surface area contributed by atoms with Gasteiger partial charge in [0.15, 0.2) is 0 Å². The van der Waals surface area contributed by atoms with Gasteiger partial charge in [0, 0.05) is 44.3 Å². The maximum Gasteiger partial charge on any atom is 0.0813 e. The predicted octanol–water partition coefficient (Wildman–Crippen LogP) is 4.20. The summed E-state index contributed by atoms with van der Waals surface area (Å²) in [7, 11) is 0. The Morgan fingerprint density at radius 3 is 2.26 bits per heavy atom. The number of benzene rings is 1. The summed E-state index contributed by atoms with van der Waals surface area (Å²) in [5, 5.41) is 3.53. The van der Waals surface area contributed by atoms with Crippen molar-refractivity contribution in [2.24, 2.45) is 0 Å². The number of thiazole rings is 1. The van der Waals surface area contributed by atoms with Crippen LogP contribution in [0.15, 0.2) is 72.5 Å². The Balaban J connectivity index is 1.40. The number of nitrogens with zero attached hydrogens (tertiary/aromatic N) is 4. The maximum absolute atomic E-state index is 4.47. The van der Waals surface area contributed by atoms with Crippen molar-refractivity contribution in [3.63, 3.8) is 0 Å². The van der Waals surface area contributed by atoms with E-state index in [1.165, 1.54) is 4.70 Å². The van der Waals surface area contributed by atoms with Crippen molar-refractivity contribution >= 4 is 27.2 Å². The fraction of sp³-hybridized carbons (Fsp3) is 0.190. The highest BCUT2D eigenvalue weighted by Gasteiger charge is 2.09. The number of hydrogen-bond donors (Lipinski definition) is 1. The van der Waals surface area contributed by atoms with Gasteiger partial charge < -0.3 is 5.32 Å². The molecule has 0 unspecified atom stereocenters. The van der Waals surface area contributed by atoms with Crippen LogP contribution in [0.1, 0.15) is 11.4 Å². The van der Waals surface area contributed by atoms with Crippen molar-refractivity contribution in [2.75, 3.05) is 18.4 Å². The van der Waals surface area contributed by atoms with E-state index < -0.39 is 0 Å². The summed E-state index contributed by atoms with van der Waals surface area (Å²) in [6.07, 6.45) is 3.69. The van der Waals surface area contributed by atoms with Crippen molar-refractivity contribution < 1.29 is 0 Å². The van der Waals surface area contributed by atoms with E-state index in [2.05, 4.69) is 55.5 Å². The smallest absolute Gasteiger partial charge is 0.0813 e. The normalized spacial score (nSPS) is 11.1. The number of anilines is 1. The number of nitrogens with one attached hydrogen (secondary N) is 1. The van der Waals surface area contributed by atoms with Crippen molar-refractivity contribution in [1.29, 1.82) is 0 Å². The van der Waals surface area contributed by atoms with Gasteiger partial charge in [-0.05, 0) is 42.5 Å². The summed E-state index contributed by atoms with van der Waals surface area (Å²) in [6, 6.07) is 18.4. The van der Waals surface area contributed by atoms with E-state index in [9.17, 15) is 0 Å². The predicted molar refractivity (Wildman–Crippen MR) is 111 cm³/mol. The molecule has 27 heavy (non-hydrogen) atoms. The molecule has 0 aliphatic heterocycles. The van der Waals surface area contributed by atoms with Crippen LogP contribution in [0.3, 0.4) is 0 Å². The summed E-state index contributed by atoms with van der Waals surface area (Å²) in [5.74, 6) is 0. The Hall–Kier alpha value is -2.83. The maximum atomic E-state index is 4.47. The van der Waals surface area contributed by atoms with Crippen molar-refractivity contribution in [3.05, 3.63) is 83.9 Å². The lowest BCUT2D eigenvalue weighted by Gasteiger charge is -2.22. The van der Waals surface area contributed by atoms with Crippen molar-refractivity contribution in [2.45, 2.75) is 13.1 Å². The molecular weight excluding hydrogens is 354 g/mol. The molecule has 0 spiro atoms. The first-order valence-electron chi connectivity index (χ1n) is 8.96. The van der Waals surface area contributed by atoms with Gasteiger partial charge in [-0.15, -0.1) is 11.3 Å². The third-order valence-corrected chi connectivity index (χ3v) is 5.10. The molecule has 0 fully saturated rings. The monoisotopic (exact) mass is 375 g/mol. The Bertz CT molecular complexity index is 930. The van der Waals surface area contributed by atoms with Gasteiger partial charge in [0.25, 0.3) is 0 Å². The first kappa shape index (κ1) is 17.6. The van der Waals surface area contributed by atoms with Crippen molar-refractivity contribution in [1.82, 2.24) is 19.9 Å². The van der Waals surface area contributed by atoms with Gasteiger partial charge in [-0.1, -0.05) is 12.1 Å². The fourth-order valence-corrected chi connectivity index (χ4v) is 3.70. The zero-order valence-corrected chi connectivity index (χ0v) is 15.8. The van der Waals surface area contributed by atoms with Crippen molar-refractivity contribution in [3.8, 4) is 0 Å². The van der Waals surface area contributed by atoms with Crippen LogP contribution >= 0.6 is 11.3 Å². The Morgan fingerprint density at radius 1 is 0.852 bits per heavy atom. The zero-order chi connectivity index (χ0) is 18.3. The fourth-order valence-electron chi connectivity index (χ4n) is 2.98. The van der Waals surface area contributed by atoms with Gasteiger partial charge in [0.1, 0.15) is 0 Å².